The summed E-state index contributed by atoms with van der Waals surface area (Å²) in [6, 6.07) is 1.79. The van der Waals surface area contributed by atoms with Gasteiger partial charge in [0.2, 0.25) is 15.9 Å². The van der Waals surface area contributed by atoms with Gasteiger partial charge in [-0.3, -0.25) is 0 Å². The van der Waals surface area contributed by atoms with Gasteiger partial charge in [0.15, 0.2) is 0 Å². The van der Waals surface area contributed by atoms with E-state index in [-0.39, 0.29) is 18.4 Å². The summed E-state index contributed by atoms with van der Waals surface area (Å²) in [5.41, 5.74) is 0. The van der Waals surface area contributed by atoms with Crippen molar-refractivity contribution >= 4 is 15.8 Å². The number of hydrogen-bond acceptors (Lipinski definition) is 7. The molecule has 2 aliphatic rings. The number of nitrogens with zero attached hydrogens (tertiary/aromatic N) is 3. The van der Waals surface area contributed by atoms with Crippen LogP contribution in [0.25, 0.3) is 0 Å². The predicted molar refractivity (Wildman–Crippen MR) is 85.2 cm³/mol. The number of aromatic nitrogens is 2. The van der Waals surface area contributed by atoms with Crippen molar-refractivity contribution in [3.63, 3.8) is 0 Å². The fourth-order valence-corrected chi connectivity index (χ4v) is 3.75. The third-order valence-corrected chi connectivity index (χ3v) is 5.71. The minimum absolute atomic E-state index is 0.211. The highest BCUT2D eigenvalue weighted by Crippen LogP contribution is 2.27. The SMILES string of the molecule is Cc1nc(OCCNS(=O)(=O)C2CC2)cc(N2CCOCC2)n1. The average Bonchev–Trinajstić information content (AvgIpc) is 3.37. The van der Waals surface area contributed by atoms with Crippen LogP contribution in [0.1, 0.15) is 18.7 Å². The second kappa shape index (κ2) is 6.98. The van der Waals surface area contributed by atoms with E-state index in [1.807, 2.05) is 6.92 Å². The zero-order chi connectivity index (χ0) is 16.3. The molecule has 0 atom stereocenters. The molecule has 8 nitrogen and oxygen atoms in total. The third-order valence-electron chi connectivity index (χ3n) is 3.75. The number of hydrogen-bond donors (Lipinski definition) is 1. The Morgan fingerprint density at radius 3 is 2.78 bits per heavy atom. The van der Waals surface area contributed by atoms with E-state index in [9.17, 15) is 8.42 Å². The summed E-state index contributed by atoms with van der Waals surface area (Å²) in [6.45, 7) is 5.24. The van der Waals surface area contributed by atoms with Crippen LogP contribution in [0, 0.1) is 6.92 Å². The second-order valence-electron chi connectivity index (χ2n) is 5.70. The van der Waals surface area contributed by atoms with Gasteiger partial charge >= 0.3 is 0 Å². The lowest BCUT2D eigenvalue weighted by Gasteiger charge is -2.28. The first-order chi connectivity index (χ1) is 11.0. The van der Waals surface area contributed by atoms with Gasteiger partial charge in [0.25, 0.3) is 0 Å². The fourth-order valence-electron chi connectivity index (χ4n) is 2.39. The Labute approximate surface area is 136 Å². The first-order valence-electron chi connectivity index (χ1n) is 7.84. The average molecular weight is 342 g/mol. The van der Waals surface area contributed by atoms with Crippen molar-refractivity contribution in [3.05, 3.63) is 11.9 Å². The van der Waals surface area contributed by atoms with Crippen LogP contribution < -0.4 is 14.4 Å². The van der Waals surface area contributed by atoms with Gasteiger partial charge in [-0.1, -0.05) is 0 Å². The molecule has 1 aliphatic carbocycles. The monoisotopic (exact) mass is 342 g/mol. The number of aryl methyl sites for hydroxylation is 1. The Morgan fingerprint density at radius 2 is 2.09 bits per heavy atom. The van der Waals surface area contributed by atoms with Gasteiger partial charge < -0.3 is 14.4 Å². The molecule has 23 heavy (non-hydrogen) atoms. The van der Waals surface area contributed by atoms with Gasteiger partial charge in [-0.05, 0) is 19.8 Å². The molecule has 0 amide bonds. The third kappa shape index (κ3) is 4.52. The fraction of sp³-hybridized carbons (Fsp3) is 0.714. The smallest absolute Gasteiger partial charge is 0.218 e. The molecular weight excluding hydrogens is 320 g/mol. The Hall–Kier alpha value is -1.45. The minimum Gasteiger partial charge on any atom is -0.476 e. The van der Waals surface area contributed by atoms with Crippen LogP contribution >= 0.6 is 0 Å². The Morgan fingerprint density at radius 1 is 1.35 bits per heavy atom. The number of sulfonamides is 1. The maximum Gasteiger partial charge on any atom is 0.218 e. The van der Waals surface area contributed by atoms with Crippen LogP contribution in [-0.4, -0.2) is 63.1 Å². The van der Waals surface area contributed by atoms with Crippen molar-refractivity contribution in [2.45, 2.75) is 25.0 Å². The van der Waals surface area contributed by atoms with E-state index in [0.29, 0.717) is 24.9 Å². The maximum absolute atomic E-state index is 11.7. The van der Waals surface area contributed by atoms with E-state index in [4.69, 9.17) is 9.47 Å². The molecule has 1 saturated heterocycles. The van der Waals surface area contributed by atoms with E-state index in [1.165, 1.54) is 0 Å². The van der Waals surface area contributed by atoms with Crippen LogP contribution in [0.3, 0.4) is 0 Å². The molecule has 1 aliphatic heterocycles. The Kier molecular flexibility index (Phi) is 4.98. The van der Waals surface area contributed by atoms with Crippen LogP contribution in [-0.2, 0) is 14.8 Å². The van der Waals surface area contributed by atoms with Gasteiger partial charge in [-0.25, -0.2) is 18.1 Å². The molecule has 0 aromatic carbocycles. The normalized spacial score (nSPS) is 18.9. The summed E-state index contributed by atoms with van der Waals surface area (Å²) in [5.74, 6) is 1.90. The topological polar surface area (TPSA) is 93.6 Å². The molecule has 1 aromatic heterocycles. The van der Waals surface area contributed by atoms with E-state index >= 15 is 0 Å². The lowest BCUT2D eigenvalue weighted by Crippen LogP contribution is -2.37. The number of rotatable bonds is 7. The molecular formula is C14H22N4O4S. The number of anilines is 1. The number of nitrogens with one attached hydrogen (secondary N) is 1. The van der Waals surface area contributed by atoms with Crippen LogP contribution in [0.2, 0.25) is 0 Å². The lowest BCUT2D eigenvalue weighted by molar-refractivity contribution is 0.122. The molecule has 2 fully saturated rings. The molecule has 1 aromatic rings. The van der Waals surface area contributed by atoms with Gasteiger partial charge in [-0.2, -0.15) is 4.98 Å². The zero-order valence-corrected chi connectivity index (χ0v) is 14.0. The zero-order valence-electron chi connectivity index (χ0n) is 13.2. The standard InChI is InChI=1S/C14H22N4O4S/c1-11-16-13(18-5-8-21-9-6-18)10-14(17-11)22-7-4-15-23(19,20)12-2-3-12/h10,12,15H,2-9H2,1H3. The molecule has 3 rings (SSSR count). The summed E-state index contributed by atoms with van der Waals surface area (Å²) in [4.78, 5) is 10.8. The van der Waals surface area contributed by atoms with E-state index in [0.717, 1.165) is 31.7 Å². The molecule has 0 bridgehead atoms. The Balaban J connectivity index is 1.53. The quantitative estimate of drug-likeness (QED) is 0.702. The summed E-state index contributed by atoms with van der Waals surface area (Å²) >= 11 is 0. The molecule has 2 heterocycles. The van der Waals surface area contributed by atoms with Crippen molar-refractivity contribution < 1.29 is 17.9 Å². The first kappa shape index (κ1) is 16.4. The van der Waals surface area contributed by atoms with Gasteiger partial charge in [-0.15, -0.1) is 0 Å². The molecule has 0 radical (unpaired) electrons. The van der Waals surface area contributed by atoms with Crippen molar-refractivity contribution in [2.24, 2.45) is 0 Å². The van der Waals surface area contributed by atoms with Gasteiger partial charge in [0, 0.05) is 25.7 Å². The molecule has 1 N–H and O–H groups in total. The lowest BCUT2D eigenvalue weighted by atomic mass is 10.4. The van der Waals surface area contributed by atoms with Crippen LogP contribution in [0.4, 0.5) is 5.82 Å². The van der Waals surface area contributed by atoms with Crippen LogP contribution in [0.5, 0.6) is 5.88 Å². The summed E-state index contributed by atoms with van der Waals surface area (Å²) in [5, 5.41) is -0.211. The van der Waals surface area contributed by atoms with Gasteiger partial charge in [0.1, 0.15) is 18.2 Å². The van der Waals surface area contributed by atoms with E-state index in [2.05, 4.69) is 19.6 Å². The van der Waals surface area contributed by atoms with Crippen molar-refractivity contribution in [1.29, 1.82) is 0 Å². The van der Waals surface area contributed by atoms with E-state index < -0.39 is 10.0 Å². The van der Waals surface area contributed by atoms with Crippen molar-refractivity contribution in [3.8, 4) is 5.88 Å². The highest BCUT2D eigenvalue weighted by Gasteiger charge is 2.35. The predicted octanol–water partition coefficient (Wildman–Crippen LogP) is 0.0822. The van der Waals surface area contributed by atoms with Crippen molar-refractivity contribution in [1.82, 2.24) is 14.7 Å². The number of morpholine rings is 1. The molecule has 0 unspecified atom stereocenters. The summed E-state index contributed by atoms with van der Waals surface area (Å²) in [6.07, 6.45) is 1.51. The van der Waals surface area contributed by atoms with Gasteiger partial charge in [0.05, 0.1) is 18.5 Å². The van der Waals surface area contributed by atoms with Crippen LogP contribution in [0.15, 0.2) is 6.07 Å². The summed E-state index contributed by atoms with van der Waals surface area (Å²) in [7, 11) is -3.16. The molecule has 0 spiro atoms. The largest absolute Gasteiger partial charge is 0.476 e. The molecule has 128 valence electrons. The number of ether oxygens (including phenoxy) is 2. The minimum atomic E-state index is -3.16. The van der Waals surface area contributed by atoms with Crippen molar-refractivity contribution in [2.75, 3.05) is 44.4 Å². The first-order valence-corrected chi connectivity index (χ1v) is 9.39. The Bertz CT molecular complexity index is 642. The molecule has 9 heteroatoms. The summed E-state index contributed by atoms with van der Waals surface area (Å²) < 4.78 is 36.9. The van der Waals surface area contributed by atoms with E-state index in [1.54, 1.807) is 6.07 Å². The maximum atomic E-state index is 11.7. The highest BCUT2D eigenvalue weighted by molar-refractivity contribution is 7.90. The highest BCUT2D eigenvalue weighted by atomic mass is 32.2. The molecule has 1 saturated carbocycles. The second-order valence-corrected chi connectivity index (χ2v) is 7.74.